The van der Waals surface area contributed by atoms with Gasteiger partial charge in [0.2, 0.25) is 5.91 Å². The van der Waals surface area contributed by atoms with Gasteiger partial charge in [0.05, 0.1) is 44.9 Å². The van der Waals surface area contributed by atoms with E-state index in [0.717, 1.165) is 10.5 Å². The number of rotatable bonds is 8. The molecular formula is C24H26N2O7. The van der Waals surface area contributed by atoms with E-state index in [1.54, 1.807) is 36.4 Å². The summed E-state index contributed by atoms with van der Waals surface area (Å²) in [5.74, 6) is -1.30. The van der Waals surface area contributed by atoms with Gasteiger partial charge in [-0.3, -0.25) is 24.1 Å². The highest BCUT2D eigenvalue weighted by Crippen LogP contribution is 2.31. The van der Waals surface area contributed by atoms with Crippen molar-refractivity contribution in [1.82, 2.24) is 10.2 Å². The molecule has 0 bridgehead atoms. The average Bonchev–Trinajstić information content (AvgIpc) is 3.06. The minimum absolute atomic E-state index is 0.161. The van der Waals surface area contributed by atoms with Crippen LogP contribution in [0.5, 0.6) is 11.5 Å². The lowest BCUT2D eigenvalue weighted by atomic mass is 10.0. The fraction of sp³-hybridized carbons (Fsp3) is 0.333. The van der Waals surface area contributed by atoms with E-state index >= 15 is 0 Å². The molecule has 3 rings (SSSR count). The predicted octanol–water partition coefficient (Wildman–Crippen LogP) is 2.42. The molecule has 2 atom stereocenters. The van der Waals surface area contributed by atoms with Gasteiger partial charge in [0.15, 0.2) is 11.5 Å². The van der Waals surface area contributed by atoms with Crippen LogP contribution < -0.4 is 14.8 Å². The molecule has 1 aliphatic heterocycles. The number of amides is 3. The average molecular weight is 454 g/mol. The van der Waals surface area contributed by atoms with Crippen molar-refractivity contribution in [2.75, 3.05) is 21.3 Å². The van der Waals surface area contributed by atoms with Gasteiger partial charge < -0.3 is 19.5 Å². The topological polar surface area (TPSA) is 111 Å². The number of carbonyl (C=O) groups is 4. The molecule has 0 aromatic heterocycles. The Kier molecular flexibility index (Phi) is 7.01. The van der Waals surface area contributed by atoms with Gasteiger partial charge in [0, 0.05) is 0 Å². The summed E-state index contributed by atoms with van der Waals surface area (Å²) < 4.78 is 15.3. The summed E-state index contributed by atoms with van der Waals surface area (Å²) in [6.07, 6.45) is -0.161. The maximum Gasteiger partial charge on any atom is 0.307 e. The van der Waals surface area contributed by atoms with Crippen molar-refractivity contribution in [3.63, 3.8) is 0 Å². The molecule has 0 radical (unpaired) electrons. The molecule has 0 unspecified atom stereocenters. The molecule has 2 aromatic carbocycles. The van der Waals surface area contributed by atoms with E-state index in [1.165, 1.54) is 28.3 Å². The Morgan fingerprint density at radius 2 is 1.61 bits per heavy atom. The molecule has 0 aliphatic carbocycles. The van der Waals surface area contributed by atoms with Crippen LogP contribution >= 0.6 is 0 Å². The first kappa shape index (κ1) is 23.8. The number of carbonyl (C=O) groups excluding carboxylic acids is 4. The highest BCUT2D eigenvalue weighted by molar-refractivity contribution is 6.22. The standard InChI is InChI=1S/C24H26N2O7/c1-13-6-8-16-17(10-13)24(30)26(23(16)29)14(2)22(28)25-18(12-21(27)33-5)15-7-9-19(31-3)20(11-15)32-4/h6-11,14,18H,12H2,1-5H3,(H,25,28)/t14-,18-/m1/s1. The van der Waals surface area contributed by atoms with Crippen LogP contribution in [0.15, 0.2) is 36.4 Å². The van der Waals surface area contributed by atoms with E-state index in [-0.39, 0.29) is 17.5 Å². The second-order valence-electron chi connectivity index (χ2n) is 7.66. The van der Waals surface area contributed by atoms with Crippen LogP contribution in [0.4, 0.5) is 0 Å². The van der Waals surface area contributed by atoms with E-state index < -0.39 is 35.8 Å². The number of nitrogens with one attached hydrogen (secondary N) is 1. The molecule has 174 valence electrons. The number of ether oxygens (including phenoxy) is 3. The minimum atomic E-state index is -1.10. The summed E-state index contributed by atoms with van der Waals surface area (Å²) >= 11 is 0. The Labute approximate surface area is 191 Å². The number of hydrogen-bond donors (Lipinski definition) is 1. The van der Waals surface area contributed by atoms with Gasteiger partial charge in [-0.25, -0.2) is 0 Å². The summed E-state index contributed by atoms with van der Waals surface area (Å²) in [4.78, 5) is 51.7. The van der Waals surface area contributed by atoms with E-state index in [1.807, 2.05) is 6.92 Å². The third kappa shape index (κ3) is 4.67. The number of hydrogen-bond acceptors (Lipinski definition) is 7. The van der Waals surface area contributed by atoms with Gasteiger partial charge >= 0.3 is 5.97 Å². The highest BCUT2D eigenvalue weighted by Gasteiger charge is 2.41. The molecule has 0 spiro atoms. The predicted molar refractivity (Wildman–Crippen MR) is 118 cm³/mol. The largest absolute Gasteiger partial charge is 0.493 e. The van der Waals surface area contributed by atoms with Gasteiger partial charge in [0.1, 0.15) is 6.04 Å². The van der Waals surface area contributed by atoms with Crippen molar-refractivity contribution in [2.24, 2.45) is 0 Å². The number of nitrogens with zero attached hydrogens (tertiary/aromatic N) is 1. The molecule has 0 saturated carbocycles. The summed E-state index contributed by atoms with van der Waals surface area (Å²) in [6.45, 7) is 3.28. The van der Waals surface area contributed by atoms with Gasteiger partial charge in [-0.1, -0.05) is 17.7 Å². The Bertz CT molecular complexity index is 1110. The monoisotopic (exact) mass is 454 g/mol. The number of fused-ring (bicyclic) bond motifs is 1. The molecule has 2 aromatic rings. The first-order valence-corrected chi connectivity index (χ1v) is 10.3. The SMILES string of the molecule is COC(=O)C[C@@H](NC(=O)[C@@H](C)N1C(=O)c2ccc(C)cc2C1=O)c1ccc(OC)c(OC)c1. The number of aryl methyl sites for hydroxylation is 1. The Morgan fingerprint density at radius 1 is 0.939 bits per heavy atom. The van der Waals surface area contributed by atoms with Crippen molar-refractivity contribution in [1.29, 1.82) is 0 Å². The molecular weight excluding hydrogens is 428 g/mol. The molecule has 1 aliphatic rings. The summed E-state index contributed by atoms with van der Waals surface area (Å²) in [7, 11) is 4.22. The molecule has 0 fully saturated rings. The first-order valence-electron chi connectivity index (χ1n) is 10.3. The maximum atomic E-state index is 13.1. The van der Waals surface area contributed by atoms with E-state index in [2.05, 4.69) is 5.32 Å². The second-order valence-corrected chi connectivity index (χ2v) is 7.66. The van der Waals surface area contributed by atoms with Gasteiger partial charge in [-0.15, -0.1) is 0 Å². The third-order valence-corrected chi connectivity index (χ3v) is 5.57. The van der Waals surface area contributed by atoms with Crippen molar-refractivity contribution < 1.29 is 33.4 Å². The molecule has 9 heteroatoms. The first-order chi connectivity index (χ1) is 15.7. The maximum absolute atomic E-state index is 13.1. The number of methoxy groups -OCH3 is 3. The van der Waals surface area contributed by atoms with Crippen LogP contribution in [0.3, 0.4) is 0 Å². The highest BCUT2D eigenvalue weighted by atomic mass is 16.5. The van der Waals surface area contributed by atoms with Gasteiger partial charge in [0.25, 0.3) is 11.8 Å². The van der Waals surface area contributed by atoms with Gasteiger partial charge in [-0.05, 0) is 43.7 Å². The fourth-order valence-electron chi connectivity index (χ4n) is 3.71. The molecule has 0 saturated heterocycles. The van der Waals surface area contributed by atoms with Crippen LogP contribution in [-0.4, -0.2) is 56.0 Å². The fourth-order valence-corrected chi connectivity index (χ4v) is 3.71. The van der Waals surface area contributed by atoms with Crippen LogP contribution in [0.25, 0.3) is 0 Å². The zero-order chi connectivity index (χ0) is 24.3. The molecule has 1 heterocycles. The van der Waals surface area contributed by atoms with Crippen LogP contribution in [0.1, 0.15) is 51.2 Å². The van der Waals surface area contributed by atoms with E-state index in [4.69, 9.17) is 14.2 Å². The molecule has 1 N–H and O–H groups in total. The number of esters is 1. The second kappa shape index (κ2) is 9.72. The third-order valence-electron chi connectivity index (χ3n) is 5.57. The van der Waals surface area contributed by atoms with E-state index in [9.17, 15) is 19.2 Å². The van der Waals surface area contributed by atoms with E-state index in [0.29, 0.717) is 17.1 Å². The van der Waals surface area contributed by atoms with Crippen molar-refractivity contribution in [2.45, 2.75) is 32.4 Å². The van der Waals surface area contributed by atoms with Crippen molar-refractivity contribution in [3.8, 4) is 11.5 Å². The van der Waals surface area contributed by atoms with Crippen LogP contribution in [0.2, 0.25) is 0 Å². The normalized spacial score (nSPS) is 14.4. The minimum Gasteiger partial charge on any atom is -0.493 e. The Balaban J connectivity index is 1.86. The number of benzene rings is 2. The lowest BCUT2D eigenvalue weighted by Gasteiger charge is -2.25. The summed E-state index contributed by atoms with van der Waals surface area (Å²) in [5, 5.41) is 2.76. The van der Waals surface area contributed by atoms with Crippen molar-refractivity contribution in [3.05, 3.63) is 58.7 Å². The molecule has 9 nitrogen and oxygen atoms in total. The molecule has 3 amide bonds. The zero-order valence-corrected chi connectivity index (χ0v) is 19.1. The lowest BCUT2D eigenvalue weighted by Crippen LogP contribution is -2.48. The molecule has 33 heavy (non-hydrogen) atoms. The summed E-state index contributed by atoms with van der Waals surface area (Å²) in [6, 6.07) is 8.04. The summed E-state index contributed by atoms with van der Waals surface area (Å²) in [5.41, 5.74) is 1.93. The Morgan fingerprint density at radius 3 is 2.24 bits per heavy atom. The van der Waals surface area contributed by atoms with Crippen LogP contribution in [0, 0.1) is 6.92 Å². The van der Waals surface area contributed by atoms with Crippen molar-refractivity contribution >= 4 is 23.7 Å². The lowest BCUT2D eigenvalue weighted by molar-refractivity contribution is -0.141. The Hall–Kier alpha value is -3.88. The number of imide groups is 1. The quantitative estimate of drug-likeness (QED) is 0.482. The smallest absolute Gasteiger partial charge is 0.307 e. The zero-order valence-electron chi connectivity index (χ0n) is 19.1. The van der Waals surface area contributed by atoms with Crippen LogP contribution in [-0.2, 0) is 14.3 Å². The van der Waals surface area contributed by atoms with Gasteiger partial charge in [-0.2, -0.15) is 0 Å².